The molecule has 18 heavy (non-hydrogen) atoms. The van der Waals surface area contributed by atoms with E-state index < -0.39 is 11.6 Å². The minimum atomic E-state index is -0.668. The van der Waals surface area contributed by atoms with Crippen molar-refractivity contribution in [2.24, 2.45) is 0 Å². The third kappa shape index (κ3) is 2.78. The zero-order valence-corrected chi connectivity index (χ0v) is 9.92. The maximum absolute atomic E-state index is 13.3. The first kappa shape index (κ1) is 12.8. The van der Waals surface area contributed by atoms with Gasteiger partial charge in [0, 0.05) is 11.1 Å². The number of rotatable bonds is 3. The fraction of sp³-hybridized carbons (Fsp3) is 0.0769. The molecule has 94 valence electrons. The van der Waals surface area contributed by atoms with E-state index in [0.29, 0.717) is 10.6 Å². The van der Waals surface area contributed by atoms with Crippen molar-refractivity contribution in [3.8, 4) is 11.5 Å². The highest BCUT2D eigenvalue weighted by molar-refractivity contribution is 6.31. The van der Waals surface area contributed by atoms with Gasteiger partial charge in [0.15, 0.2) is 11.6 Å². The Morgan fingerprint density at radius 1 is 1.11 bits per heavy atom. The van der Waals surface area contributed by atoms with E-state index in [-0.39, 0.29) is 18.1 Å². The minimum Gasteiger partial charge on any atom is -0.454 e. The van der Waals surface area contributed by atoms with Crippen LogP contribution in [0.2, 0.25) is 5.02 Å². The number of ether oxygens (including phenoxy) is 1. The van der Waals surface area contributed by atoms with E-state index in [1.165, 1.54) is 12.1 Å². The predicted molar refractivity (Wildman–Crippen MR) is 63.8 cm³/mol. The summed E-state index contributed by atoms with van der Waals surface area (Å²) in [6.07, 6.45) is 0. The number of hydrogen-bond acceptors (Lipinski definition) is 2. The van der Waals surface area contributed by atoms with E-state index in [9.17, 15) is 8.78 Å². The van der Waals surface area contributed by atoms with Crippen LogP contribution >= 0.6 is 11.6 Å². The van der Waals surface area contributed by atoms with Crippen molar-refractivity contribution in [2.75, 3.05) is 0 Å². The molecule has 0 spiro atoms. The Bertz CT molecular complexity index is 573. The van der Waals surface area contributed by atoms with E-state index in [1.54, 1.807) is 6.07 Å². The topological polar surface area (TPSA) is 29.5 Å². The second-order valence-electron chi connectivity index (χ2n) is 3.59. The molecule has 2 aromatic rings. The molecule has 0 unspecified atom stereocenters. The highest BCUT2D eigenvalue weighted by Crippen LogP contribution is 2.28. The van der Waals surface area contributed by atoms with Gasteiger partial charge in [-0.25, -0.2) is 8.78 Å². The summed E-state index contributed by atoms with van der Waals surface area (Å²) in [5, 5.41) is 9.24. The Morgan fingerprint density at radius 2 is 1.89 bits per heavy atom. The Morgan fingerprint density at radius 3 is 2.56 bits per heavy atom. The van der Waals surface area contributed by atoms with Crippen LogP contribution in [0.4, 0.5) is 8.78 Å². The lowest BCUT2D eigenvalue weighted by Crippen LogP contribution is -1.91. The standard InChI is InChI=1S/C13H9ClF2O2/c14-11-6-10(3-1-8(11)7-17)18-13-5-9(15)2-4-12(13)16/h1-6,17H,7H2. The van der Waals surface area contributed by atoms with Gasteiger partial charge in [-0.3, -0.25) is 0 Å². The fourth-order valence-corrected chi connectivity index (χ4v) is 1.63. The first-order valence-corrected chi connectivity index (χ1v) is 5.50. The van der Waals surface area contributed by atoms with Crippen molar-refractivity contribution in [3.05, 3.63) is 58.6 Å². The van der Waals surface area contributed by atoms with Crippen molar-refractivity contribution >= 4 is 11.6 Å². The van der Waals surface area contributed by atoms with Crippen LogP contribution in [0.3, 0.4) is 0 Å². The molecular weight excluding hydrogens is 262 g/mol. The summed E-state index contributed by atoms with van der Waals surface area (Å²) < 4.78 is 31.5. The number of halogens is 3. The molecule has 2 rings (SSSR count). The molecule has 0 bridgehead atoms. The molecule has 0 atom stereocenters. The first-order chi connectivity index (χ1) is 8.60. The van der Waals surface area contributed by atoms with Gasteiger partial charge in [-0.2, -0.15) is 0 Å². The normalized spacial score (nSPS) is 10.4. The van der Waals surface area contributed by atoms with Gasteiger partial charge in [0.05, 0.1) is 6.61 Å². The number of hydrogen-bond donors (Lipinski definition) is 1. The van der Waals surface area contributed by atoms with E-state index >= 15 is 0 Å². The SMILES string of the molecule is OCc1ccc(Oc2cc(F)ccc2F)cc1Cl. The molecule has 0 aliphatic heterocycles. The lowest BCUT2D eigenvalue weighted by molar-refractivity contribution is 0.282. The van der Waals surface area contributed by atoms with Gasteiger partial charge in [0.25, 0.3) is 0 Å². The highest BCUT2D eigenvalue weighted by Gasteiger charge is 2.08. The predicted octanol–water partition coefficient (Wildman–Crippen LogP) is 3.90. The van der Waals surface area contributed by atoms with Crippen molar-refractivity contribution in [1.82, 2.24) is 0 Å². The quantitative estimate of drug-likeness (QED) is 0.916. The van der Waals surface area contributed by atoms with E-state index in [2.05, 4.69) is 0 Å². The molecule has 0 saturated heterocycles. The molecule has 5 heteroatoms. The van der Waals surface area contributed by atoms with Gasteiger partial charge >= 0.3 is 0 Å². The van der Waals surface area contributed by atoms with Crippen LogP contribution in [0.15, 0.2) is 36.4 Å². The monoisotopic (exact) mass is 270 g/mol. The second-order valence-corrected chi connectivity index (χ2v) is 4.00. The fourth-order valence-electron chi connectivity index (χ4n) is 1.40. The summed E-state index contributed by atoms with van der Waals surface area (Å²) in [7, 11) is 0. The van der Waals surface area contributed by atoms with Gasteiger partial charge in [0.1, 0.15) is 11.6 Å². The third-order valence-corrected chi connectivity index (χ3v) is 2.67. The number of aliphatic hydroxyl groups excluding tert-OH is 1. The van der Waals surface area contributed by atoms with Crippen molar-refractivity contribution in [3.63, 3.8) is 0 Å². The molecule has 0 fully saturated rings. The summed E-state index contributed by atoms with van der Waals surface area (Å²) in [5.74, 6) is -1.22. The second kappa shape index (κ2) is 5.33. The largest absolute Gasteiger partial charge is 0.454 e. The summed E-state index contributed by atoms with van der Waals surface area (Å²) >= 11 is 5.86. The van der Waals surface area contributed by atoms with Crippen LogP contribution in [0.25, 0.3) is 0 Å². The zero-order chi connectivity index (χ0) is 13.1. The average molecular weight is 271 g/mol. The number of benzene rings is 2. The van der Waals surface area contributed by atoms with Crippen molar-refractivity contribution < 1.29 is 18.6 Å². The van der Waals surface area contributed by atoms with Gasteiger partial charge in [-0.05, 0) is 29.8 Å². The smallest absolute Gasteiger partial charge is 0.165 e. The van der Waals surface area contributed by atoms with Crippen LogP contribution in [-0.2, 0) is 6.61 Å². The Labute approximate surface area is 107 Å². The summed E-state index contributed by atoms with van der Waals surface area (Å²) in [6, 6.07) is 7.43. The van der Waals surface area contributed by atoms with Crippen molar-refractivity contribution in [1.29, 1.82) is 0 Å². The van der Waals surface area contributed by atoms with Crippen LogP contribution in [-0.4, -0.2) is 5.11 Å². The van der Waals surface area contributed by atoms with E-state index in [4.69, 9.17) is 21.4 Å². The zero-order valence-electron chi connectivity index (χ0n) is 9.16. The van der Waals surface area contributed by atoms with E-state index in [1.807, 2.05) is 0 Å². The average Bonchev–Trinajstić information content (AvgIpc) is 2.34. The van der Waals surface area contributed by atoms with Gasteiger partial charge in [0.2, 0.25) is 0 Å². The Hall–Kier alpha value is -1.65. The first-order valence-electron chi connectivity index (χ1n) is 5.12. The van der Waals surface area contributed by atoms with Crippen LogP contribution in [0.1, 0.15) is 5.56 Å². The summed E-state index contributed by atoms with van der Waals surface area (Å²) in [4.78, 5) is 0. The number of aliphatic hydroxyl groups is 1. The van der Waals surface area contributed by atoms with Crippen molar-refractivity contribution in [2.45, 2.75) is 6.61 Å². The molecule has 0 aliphatic carbocycles. The van der Waals surface area contributed by atoms with Gasteiger partial charge in [-0.1, -0.05) is 17.7 Å². The van der Waals surface area contributed by atoms with Crippen LogP contribution in [0, 0.1) is 11.6 Å². The van der Waals surface area contributed by atoms with Crippen LogP contribution < -0.4 is 4.74 Å². The molecule has 1 N–H and O–H groups in total. The molecule has 2 nitrogen and oxygen atoms in total. The van der Waals surface area contributed by atoms with Gasteiger partial charge in [-0.15, -0.1) is 0 Å². The molecule has 0 radical (unpaired) electrons. The lowest BCUT2D eigenvalue weighted by Gasteiger charge is -2.08. The Kier molecular flexibility index (Phi) is 3.79. The van der Waals surface area contributed by atoms with Crippen LogP contribution in [0.5, 0.6) is 11.5 Å². The molecule has 0 amide bonds. The lowest BCUT2D eigenvalue weighted by atomic mass is 10.2. The molecule has 2 aromatic carbocycles. The summed E-state index contributed by atoms with van der Waals surface area (Å²) in [5.41, 5.74) is 0.531. The molecule has 0 heterocycles. The molecule has 0 saturated carbocycles. The molecular formula is C13H9ClF2O2. The van der Waals surface area contributed by atoms with E-state index in [0.717, 1.165) is 18.2 Å². The maximum atomic E-state index is 13.3. The van der Waals surface area contributed by atoms with Gasteiger partial charge < -0.3 is 9.84 Å². The maximum Gasteiger partial charge on any atom is 0.165 e. The Balaban J connectivity index is 2.28. The summed E-state index contributed by atoms with van der Waals surface area (Å²) in [6.45, 7) is -0.201. The molecule has 0 aliphatic rings. The molecule has 0 aromatic heterocycles. The third-order valence-electron chi connectivity index (χ3n) is 2.32. The minimum absolute atomic E-state index is 0.201. The highest BCUT2D eigenvalue weighted by atomic mass is 35.5.